The molecule has 0 aliphatic rings. The number of carboxylic acids is 1. The zero-order valence-corrected chi connectivity index (χ0v) is 19.1. The summed E-state index contributed by atoms with van der Waals surface area (Å²) in [5, 5.41) is 23.6. The molecular weight excluding hydrogens is 414 g/mol. The van der Waals surface area contributed by atoms with E-state index in [0.29, 0.717) is 6.42 Å². The van der Waals surface area contributed by atoms with Gasteiger partial charge in [0.05, 0.1) is 5.92 Å². The van der Waals surface area contributed by atoms with E-state index in [2.05, 4.69) is 10.6 Å². The number of hydrogen-bond acceptors (Lipinski definition) is 5. The maximum absolute atomic E-state index is 13.1. The number of aliphatic carboxylic acids is 1. The maximum Gasteiger partial charge on any atom is 0.326 e. The number of benzene rings is 1. The van der Waals surface area contributed by atoms with Gasteiger partial charge in [0.2, 0.25) is 17.7 Å². The maximum atomic E-state index is 13.1. The summed E-state index contributed by atoms with van der Waals surface area (Å²) in [4.78, 5) is 49.3. The molecule has 1 aromatic rings. The molecule has 0 bridgehead atoms. The van der Waals surface area contributed by atoms with E-state index < -0.39 is 41.7 Å². The number of carbonyl (C=O) groups excluding carboxylic acids is 3. The van der Waals surface area contributed by atoms with E-state index in [-0.39, 0.29) is 31.1 Å². The van der Waals surface area contributed by atoms with Crippen LogP contribution in [0.3, 0.4) is 0 Å². The predicted molar refractivity (Wildman–Crippen MR) is 119 cm³/mol. The van der Waals surface area contributed by atoms with Gasteiger partial charge < -0.3 is 15.7 Å². The molecule has 0 radical (unpaired) electrons. The highest BCUT2D eigenvalue weighted by Crippen LogP contribution is 2.16. The third-order valence-corrected chi connectivity index (χ3v) is 5.37. The lowest BCUT2D eigenvalue weighted by molar-refractivity contribution is -0.143. The molecule has 32 heavy (non-hydrogen) atoms. The molecule has 0 fully saturated rings. The Bertz CT molecular complexity index is 768. The summed E-state index contributed by atoms with van der Waals surface area (Å²) in [5.74, 6) is -3.98. The van der Waals surface area contributed by atoms with E-state index in [1.807, 2.05) is 51.1 Å². The van der Waals surface area contributed by atoms with Gasteiger partial charge >= 0.3 is 5.97 Å². The van der Waals surface area contributed by atoms with Crippen LogP contribution in [0.5, 0.6) is 0 Å². The van der Waals surface area contributed by atoms with Gasteiger partial charge in [0.15, 0.2) is 0 Å². The third-order valence-electron chi connectivity index (χ3n) is 5.37. The van der Waals surface area contributed by atoms with Crippen molar-refractivity contribution in [3.05, 3.63) is 35.9 Å². The van der Waals surface area contributed by atoms with Crippen molar-refractivity contribution >= 4 is 23.7 Å². The minimum absolute atomic E-state index is 0.0558. The Morgan fingerprint density at radius 3 is 2.09 bits per heavy atom. The van der Waals surface area contributed by atoms with Gasteiger partial charge in [0, 0.05) is 6.42 Å². The van der Waals surface area contributed by atoms with Gasteiger partial charge in [-0.25, -0.2) is 10.3 Å². The van der Waals surface area contributed by atoms with Crippen LogP contribution in [0.25, 0.3) is 0 Å². The van der Waals surface area contributed by atoms with Crippen molar-refractivity contribution in [2.24, 2.45) is 17.8 Å². The van der Waals surface area contributed by atoms with Gasteiger partial charge in [-0.05, 0) is 30.2 Å². The first-order valence-corrected chi connectivity index (χ1v) is 10.9. The standard InChI is InChI=1S/C23H35N3O6/c1-5-15(4)20(22(29)24-18(23(30)31)11-14(2)3)25-21(28)17(13-19(27)26-32)12-16-9-7-6-8-10-16/h6-10,14-15,17-18,20,32H,5,11-13H2,1-4H3,(H,24,29)(H,25,28)(H,26,27)(H,30,31)/t15?,17-,18+,20+/m1/s1. The second kappa shape index (κ2) is 13.5. The van der Waals surface area contributed by atoms with Crippen LogP contribution >= 0.6 is 0 Å². The van der Waals surface area contributed by atoms with E-state index in [0.717, 1.165) is 5.56 Å². The average molecular weight is 450 g/mol. The normalized spacial score (nSPS) is 14.7. The van der Waals surface area contributed by atoms with Gasteiger partial charge in [-0.3, -0.25) is 19.6 Å². The van der Waals surface area contributed by atoms with E-state index in [1.165, 1.54) is 5.48 Å². The number of hydroxylamine groups is 1. The Morgan fingerprint density at radius 1 is 0.969 bits per heavy atom. The molecule has 9 nitrogen and oxygen atoms in total. The lowest BCUT2D eigenvalue weighted by atomic mass is 9.92. The summed E-state index contributed by atoms with van der Waals surface area (Å²) in [6.45, 7) is 7.36. The molecule has 5 N–H and O–H groups in total. The number of carboxylic acid groups (broad SMARTS) is 1. The lowest BCUT2D eigenvalue weighted by Crippen LogP contribution is -2.55. The summed E-state index contributed by atoms with van der Waals surface area (Å²) < 4.78 is 0. The van der Waals surface area contributed by atoms with E-state index >= 15 is 0 Å². The van der Waals surface area contributed by atoms with Crippen molar-refractivity contribution in [3.8, 4) is 0 Å². The van der Waals surface area contributed by atoms with Crippen molar-refractivity contribution in [1.29, 1.82) is 0 Å². The molecule has 0 saturated heterocycles. The highest BCUT2D eigenvalue weighted by Gasteiger charge is 2.32. The van der Waals surface area contributed by atoms with Crippen molar-refractivity contribution in [1.82, 2.24) is 16.1 Å². The molecule has 178 valence electrons. The Labute approximate surface area is 188 Å². The van der Waals surface area contributed by atoms with Crippen LogP contribution in [0.1, 0.15) is 52.5 Å². The average Bonchev–Trinajstić information content (AvgIpc) is 2.75. The topological polar surface area (TPSA) is 145 Å². The fraction of sp³-hybridized carbons (Fsp3) is 0.565. The largest absolute Gasteiger partial charge is 0.480 e. The van der Waals surface area contributed by atoms with Gasteiger partial charge in [0.25, 0.3) is 0 Å². The second-order valence-corrected chi connectivity index (χ2v) is 8.53. The summed E-state index contributed by atoms with van der Waals surface area (Å²) >= 11 is 0. The van der Waals surface area contributed by atoms with Gasteiger partial charge in [-0.1, -0.05) is 64.4 Å². The predicted octanol–water partition coefficient (Wildman–Crippen LogP) is 1.89. The Kier molecular flexibility index (Phi) is 11.4. The zero-order valence-electron chi connectivity index (χ0n) is 19.1. The van der Waals surface area contributed by atoms with E-state index in [9.17, 15) is 24.3 Å². The Morgan fingerprint density at radius 2 is 1.59 bits per heavy atom. The molecule has 1 unspecified atom stereocenters. The van der Waals surface area contributed by atoms with Crippen LogP contribution in [-0.2, 0) is 25.6 Å². The zero-order chi connectivity index (χ0) is 24.3. The van der Waals surface area contributed by atoms with E-state index in [1.54, 1.807) is 6.92 Å². The third kappa shape index (κ3) is 9.05. The first kappa shape index (κ1) is 27.1. The number of nitrogens with one attached hydrogen (secondary N) is 3. The number of carbonyl (C=O) groups is 4. The van der Waals surface area contributed by atoms with E-state index in [4.69, 9.17) is 5.21 Å². The summed E-state index contributed by atoms with van der Waals surface area (Å²) in [5.41, 5.74) is 2.36. The van der Waals surface area contributed by atoms with Crippen LogP contribution in [0.15, 0.2) is 30.3 Å². The van der Waals surface area contributed by atoms with Crippen LogP contribution in [0, 0.1) is 17.8 Å². The highest BCUT2D eigenvalue weighted by atomic mass is 16.5. The van der Waals surface area contributed by atoms with Crippen LogP contribution in [-0.4, -0.2) is 46.1 Å². The molecule has 0 saturated carbocycles. The van der Waals surface area contributed by atoms with Crippen LogP contribution in [0.2, 0.25) is 0 Å². The monoisotopic (exact) mass is 449 g/mol. The minimum atomic E-state index is -1.14. The number of hydrogen-bond donors (Lipinski definition) is 5. The van der Waals surface area contributed by atoms with Gasteiger partial charge in [-0.15, -0.1) is 0 Å². The van der Waals surface area contributed by atoms with Gasteiger partial charge in [-0.2, -0.15) is 0 Å². The molecule has 3 amide bonds. The SMILES string of the molecule is CCC(C)[C@H](NC(=O)[C@@H](CC(=O)NO)Cc1ccccc1)C(=O)N[C@@H](CC(C)C)C(=O)O. The molecule has 0 heterocycles. The lowest BCUT2D eigenvalue weighted by Gasteiger charge is -2.27. The Hall–Kier alpha value is -2.94. The molecular formula is C23H35N3O6. The number of amides is 3. The highest BCUT2D eigenvalue weighted by molar-refractivity contribution is 5.92. The fourth-order valence-electron chi connectivity index (χ4n) is 3.35. The van der Waals surface area contributed by atoms with Crippen molar-refractivity contribution in [3.63, 3.8) is 0 Å². The molecule has 0 aliphatic carbocycles. The molecule has 0 aromatic heterocycles. The quantitative estimate of drug-likeness (QED) is 0.230. The smallest absolute Gasteiger partial charge is 0.326 e. The first-order chi connectivity index (χ1) is 15.1. The molecule has 0 spiro atoms. The van der Waals surface area contributed by atoms with Crippen LogP contribution < -0.4 is 16.1 Å². The minimum Gasteiger partial charge on any atom is -0.480 e. The molecule has 1 rings (SSSR count). The second-order valence-electron chi connectivity index (χ2n) is 8.53. The molecule has 4 atom stereocenters. The first-order valence-electron chi connectivity index (χ1n) is 10.9. The Balaban J connectivity index is 3.04. The molecule has 1 aromatic carbocycles. The molecule has 9 heteroatoms. The van der Waals surface area contributed by atoms with Crippen molar-refractivity contribution in [2.75, 3.05) is 0 Å². The molecule has 0 aliphatic heterocycles. The summed E-state index contributed by atoms with van der Waals surface area (Å²) in [7, 11) is 0. The summed E-state index contributed by atoms with van der Waals surface area (Å²) in [6, 6.07) is 7.07. The fourth-order valence-corrected chi connectivity index (χ4v) is 3.35. The van der Waals surface area contributed by atoms with Crippen LogP contribution in [0.4, 0.5) is 0 Å². The van der Waals surface area contributed by atoms with Gasteiger partial charge in [0.1, 0.15) is 12.1 Å². The number of rotatable bonds is 13. The van der Waals surface area contributed by atoms with Crippen molar-refractivity contribution in [2.45, 2.75) is 65.5 Å². The van der Waals surface area contributed by atoms with Crippen molar-refractivity contribution < 1.29 is 29.5 Å². The summed E-state index contributed by atoms with van der Waals surface area (Å²) in [6.07, 6.45) is 0.799.